The van der Waals surface area contributed by atoms with Crippen LogP contribution in [-0.2, 0) is 87.6 Å². The maximum Gasteiger partial charge on any atom is 0.341 e. The number of rotatable bonds is 43. The van der Waals surface area contributed by atoms with Gasteiger partial charge in [-0.2, -0.15) is 0 Å². The van der Waals surface area contributed by atoms with Gasteiger partial charge >= 0.3 is 83.6 Å². The van der Waals surface area contributed by atoms with E-state index in [0.717, 1.165) is 48.5 Å². The molecule has 0 spiro atoms. The van der Waals surface area contributed by atoms with E-state index < -0.39 is 191 Å². The molecule has 634 valence electrons. The van der Waals surface area contributed by atoms with Crippen LogP contribution in [0.4, 0.5) is 0 Å². The Labute approximate surface area is 693 Å². The Bertz CT molecular complexity index is 4750. The Kier molecular flexibility index (Phi) is 34.4. The quantitative estimate of drug-likeness (QED) is 0.0113. The zero-order valence-corrected chi connectivity index (χ0v) is 67.1. The van der Waals surface area contributed by atoms with Crippen LogP contribution in [0.25, 0.3) is 0 Å². The predicted molar refractivity (Wildman–Crippen MR) is 420 cm³/mol. The minimum atomic E-state index is -2.16. The first-order valence-electron chi connectivity index (χ1n) is 37.3. The molecular weight excluding hydrogens is 1580 g/mol. The highest BCUT2D eigenvalue weighted by Gasteiger charge is 2.43. The molecule has 121 heavy (non-hydrogen) atoms. The van der Waals surface area contributed by atoms with Gasteiger partial charge in [0.15, 0.2) is 5.78 Å². The summed E-state index contributed by atoms with van der Waals surface area (Å²) in [5.74, 6) is -15.3. The van der Waals surface area contributed by atoms with Crippen LogP contribution in [0.5, 0.6) is 46.0 Å². The van der Waals surface area contributed by atoms with E-state index in [9.17, 15) is 71.9 Å². The third-order valence-corrected chi connectivity index (χ3v) is 17.4. The van der Waals surface area contributed by atoms with Gasteiger partial charge in [-0.25, -0.2) is 28.8 Å². The summed E-state index contributed by atoms with van der Waals surface area (Å²) in [6.07, 6.45) is -1.24. The fourth-order valence-electron chi connectivity index (χ4n) is 11.8. The smallest absolute Gasteiger partial charge is 0.341 e. The van der Waals surface area contributed by atoms with Gasteiger partial charge in [-0.05, 0) is 104 Å². The second-order valence-corrected chi connectivity index (χ2v) is 27.5. The summed E-state index contributed by atoms with van der Waals surface area (Å²) in [4.78, 5) is 202. The highest BCUT2D eigenvalue weighted by molar-refractivity contribution is 6.00. The van der Waals surface area contributed by atoms with Gasteiger partial charge in [0.2, 0.25) is 0 Å². The summed E-state index contributed by atoms with van der Waals surface area (Å²) < 4.78 is 99.8. The first-order chi connectivity index (χ1) is 57.9. The lowest BCUT2D eigenvalue weighted by atomic mass is 9.80. The molecule has 0 N–H and O–H groups in total. The zero-order valence-electron chi connectivity index (χ0n) is 67.1. The first-order valence-corrected chi connectivity index (χ1v) is 37.3. The molecule has 32 nitrogen and oxygen atoms in total. The van der Waals surface area contributed by atoms with Crippen molar-refractivity contribution in [3.8, 4) is 46.0 Å². The average molecular weight is 1670 g/mol. The van der Waals surface area contributed by atoms with Crippen molar-refractivity contribution in [3.63, 3.8) is 0 Å². The molecule has 0 aliphatic heterocycles. The number of Topliss-reactive ketones (excluding diaryl/α,β-unsaturated/α-hetero) is 1. The third-order valence-electron chi connectivity index (χ3n) is 17.4. The van der Waals surface area contributed by atoms with Crippen molar-refractivity contribution in [3.05, 3.63) is 239 Å². The Hall–Kier alpha value is -14.1. The molecule has 1 unspecified atom stereocenters. The van der Waals surface area contributed by atoms with Gasteiger partial charge in [-0.1, -0.05) is 103 Å². The standard InChI is InChI=1S/C89H86O32/c1-56(90)114-73-33-17-9-25-64(73)45-106-47-88(52-110-83(101)68-29-13-21-37-77(68)118-60(5)94,48-107-49-89(53-111-84(102)69-30-14-22-38-78(69)119-61(6)95,54-112-85(103)70-31-15-23-39-79(70)120-62(7)96)55-113-86(104)71-32-16-24-40-80(71)121-63(8)97)46-105-44-43-87(42-41-72(98)65-26-10-18-34-74(65)115-57(2)91,50-108-81(99)66-27-11-19-35-75(66)116-58(3)92)51-109-82(100)67-28-12-20-36-76(67)117-59(4)93/h9-40H,41-55H2,1-8H3. The lowest BCUT2D eigenvalue weighted by molar-refractivity contribution is -0.133. The normalized spacial score (nSPS) is 11.5. The molecule has 0 bridgehead atoms. The molecule has 32 heteroatoms. The number of esters is 14. The van der Waals surface area contributed by atoms with Crippen molar-refractivity contribution in [1.82, 2.24) is 0 Å². The largest absolute Gasteiger partial charge is 0.461 e. The molecule has 0 heterocycles. The van der Waals surface area contributed by atoms with E-state index in [0.29, 0.717) is 0 Å². The summed E-state index contributed by atoms with van der Waals surface area (Å²) in [6.45, 7) is -0.224. The van der Waals surface area contributed by atoms with E-state index in [-0.39, 0.29) is 103 Å². The summed E-state index contributed by atoms with van der Waals surface area (Å²) in [5.41, 5.74) is -7.37. The third kappa shape index (κ3) is 28.6. The van der Waals surface area contributed by atoms with E-state index in [4.69, 9.17) is 80.5 Å². The first kappa shape index (κ1) is 92.4. The Balaban J connectivity index is 1.29. The molecule has 1 atom stereocenters. The van der Waals surface area contributed by atoms with Crippen molar-refractivity contribution in [2.24, 2.45) is 16.2 Å². The van der Waals surface area contributed by atoms with Crippen molar-refractivity contribution < 1.29 is 152 Å². The van der Waals surface area contributed by atoms with E-state index in [1.54, 1.807) is 18.2 Å². The molecule has 0 amide bonds. The van der Waals surface area contributed by atoms with Crippen molar-refractivity contribution in [1.29, 1.82) is 0 Å². The zero-order chi connectivity index (χ0) is 87.7. The number of hydrogen-bond donors (Lipinski definition) is 0. The summed E-state index contributed by atoms with van der Waals surface area (Å²) in [6, 6.07) is 45.1. The number of para-hydroxylation sites is 8. The SMILES string of the molecule is CC(=O)Oc1ccccc1COCC(COCCC(CCC(=O)c1ccccc1OC(C)=O)(COC(=O)c1ccccc1OC(C)=O)COC(=O)c1ccccc1OC(C)=O)(COCC(COC(=O)c1ccccc1OC(C)=O)(COC(=O)c1ccccc1OC(C)=O)COC(=O)c1ccccc1OC(C)=O)COC(=O)c1ccccc1OC(C)=O. The molecule has 8 aromatic rings. The molecule has 0 saturated carbocycles. The molecule has 0 radical (unpaired) electrons. The topological polar surface area (TPSA) is 413 Å². The number of ketones is 1. The fraction of sp³-hybridized carbons (Fsp3) is 0.292. The van der Waals surface area contributed by atoms with Crippen LogP contribution >= 0.6 is 0 Å². The lowest BCUT2D eigenvalue weighted by Gasteiger charge is -2.37. The van der Waals surface area contributed by atoms with Crippen LogP contribution in [0, 0.1) is 16.2 Å². The number of hydrogen-bond acceptors (Lipinski definition) is 32. The number of carbonyl (C=O) groups excluding carboxylic acids is 15. The van der Waals surface area contributed by atoms with Gasteiger partial charge in [0.1, 0.15) is 119 Å². The molecule has 8 aromatic carbocycles. The van der Waals surface area contributed by atoms with Gasteiger partial charge in [0.05, 0.1) is 49.4 Å². The van der Waals surface area contributed by atoms with Crippen LogP contribution in [0.2, 0.25) is 0 Å². The van der Waals surface area contributed by atoms with Crippen molar-refractivity contribution in [2.75, 3.05) is 72.7 Å². The second kappa shape index (κ2) is 45.0. The van der Waals surface area contributed by atoms with Gasteiger partial charge in [-0.15, -0.1) is 0 Å². The molecule has 0 fully saturated rings. The van der Waals surface area contributed by atoms with Crippen molar-refractivity contribution in [2.45, 2.75) is 81.3 Å². The van der Waals surface area contributed by atoms with Gasteiger partial charge < -0.3 is 80.5 Å². The van der Waals surface area contributed by atoms with Crippen LogP contribution in [-0.4, -0.2) is 162 Å². The average Bonchev–Trinajstić information content (AvgIpc) is 0.819. The van der Waals surface area contributed by atoms with E-state index >= 15 is 0 Å². The number of ether oxygens (including phenoxy) is 17. The molecule has 8 rings (SSSR count). The highest BCUT2D eigenvalue weighted by Crippen LogP contribution is 2.37. The van der Waals surface area contributed by atoms with E-state index in [2.05, 4.69) is 0 Å². The highest BCUT2D eigenvalue weighted by atomic mass is 16.6. The van der Waals surface area contributed by atoms with Crippen LogP contribution in [0.15, 0.2) is 194 Å². The molecule has 0 saturated heterocycles. The summed E-state index contributed by atoms with van der Waals surface area (Å²) in [7, 11) is 0. The van der Waals surface area contributed by atoms with Gasteiger partial charge in [-0.3, -0.25) is 43.2 Å². The van der Waals surface area contributed by atoms with Crippen LogP contribution < -0.4 is 37.9 Å². The van der Waals surface area contributed by atoms with Crippen LogP contribution in [0.3, 0.4) is 0 Å². The lowest BCUT2D eigenvalue weighted by Crippen LogP contribution is -2.47. The fourth-order valence-corrected chi connectivity index (χ4v) is 11.8. The minimum Gasteiger partial charge on any atom is -0.461 e. The predicted octanol–water partition coefficient (Wildman–Crippen LogP) is 11.8. The molecular formula is C89H86O32. The molecule has 0 aliphatic rings. The van der Waals surface area contributed by atoms with E-state index in [1.165, 1.54) is 183 Å². The monoisotopic (exact) mass is 1670 g/mol. The maximum absolute atomic E-state index is 14.8. The molecule has 0 aliphatic carbocycles. The summed E-state index contributed by atoms with van der Waals surface area (Å²) >= 11 is 0. The van der Waals surface area contributed by atoms with Crippen LogP contribution in [0.1, 0.15) is 153 Å². The Morgan fingerprint density at radius 2 is 0.438 bits per heavy atom. The van der Waals surface area contributed by atoms with Crippen molar-refractivity contribution >= 4 is 89.4 Å². The Morgan fingerprint density at radius 3 is 0.727 bits per heavy atom. The maximum atomic E-state index is 14.8. The number of benzene rings is 8. The molecule has 0 aromatic heterocycles. The van der Waals surface area contributed by atoms with Gasteiger partial charge in [0.25, 0.3) is 0 Å². The Morgan fingerprint density at radius 1 is 0.223 bits per heavy atom. The second-order valence-electron chi connectivity index (χ2n) is 27.5. The minimum absolute atomic E-state index is 0.0577. The summed E-state index contributed by atoms with van der Waals surface area (Å²) in [5, 5.41) is 0. The van der Waals surface area contributed by atoms with Gasteiger partial charge in [0, 0.05) is 79.4 Å². The number of carbonyl (C=O) groups is 15. The van der Waals surface area contributed by atoms with E-state index in [1.807, 2.05) is 0 Å².